The van der Waals surface area contributed by atoms with Crippen LogP contribution in [0.5, 0.6) is 0 Å². The van der Waals surface area contributed by atoms with Crippen LogP contribution in [0.15, 0.2) is 34.1 Å². The van der Waals surface area contributed by atoms with Gasteiger partial charge in [0.05, 0.1) is 6.54 Å². The smallest absolute Gasteiger partial charge is 0.224 e. The van der Waals surface area contributed by atoms with Gasteiger partial charge in [-0.15, -0.1) is 11.3 Å². The SMILES string of the molecule is O=C1CCc2cc(NCc3sccc3Br)ccc2N1. The van der Waals surface area contributed by atoms with Gasteiger partial charge in [0.1, 0.15) is 0 Å². The van der Waals surface area contributed by atoms with Gasteiger partial charge in [-0.05, 0) is 57.6 Å². The molecule has 0 unspecified atom stereocenters. The fraction of sp³-hybridized carbons (Fsp3) is 0.214. The highest BCUT2D eigenvalue weighted by atomic mass is 79.9. The number of nitrogens with one attached hydrogen (secondary N) is 2. The van der Waals surface area contributed by atoms with Crippen molar-refractivity contribution in [2.75, 3.05) is 10.6 Å². The maximum absolute atomic E-state index is 11.3. The molecule has 0 saturated carbocycles. The van der Waals surface area contributed by atoms with Gasteiger partial charge in [-0.2, -0.15) is 0 Å². The molecular formula is C14H13BrN2OS. The fourth-order valence-electron chi connectivity index (χ4n) is 2.13. The highest BCUT2D eigenvalue weighted by molar-refractivity contribution is 9.10. The van der Waals surface area contributed by atoms with E-state index in [0.717, 1.165) is 28.8 Å². The third kappa shape index (κ3) is 2.82. The Morgan fingerprint density at radius 1 is 1.32 bits per heavy atom. The number of hydrogen-bond donors (Lipinski definition) is 2. The number of thiophene rings is 1. The summed E-state index contributed by atoms with van der Waals surface area (Å²) >= 11 is 5.26. The minimum Gasteiger partial charge on any atom is -0.380 e. The Hall–Kier alpha value is -1.33. The van der Waals surface area contributed by atoms with Crippen LogP contribution >= 0.6 is 27.3 Å². The van der Waals surface area contributed by atoms with Crippen molar-refractivity contribution in [2.45, 2.75) is 19.4 Å². The van der Waals surface area contributed by atoms with Crippen LogP contribution in [0.25, 0.3) is 0 Å². The van der Waals surface area contributed by atoms with Gasteiger partial charge in [-0.3, -0.25) is 4.79 Å². The Kier molecular flexibility index (Phi) is 3.57. The van der Waals surface area contributed by atoms with Crippen LogP contribution in [0, 0.1) is 0 Å². The molecule has 98 valence electrons. The standard InChI is InChI=1S/C14H13BrN2OS/c15-11-5-6-19-13(11)8-16-10-2-3-12-9(7-10)1-4-14(18)17-12/h2-3,5-7,16H,1,4,8H2,(H,17,18). The molecule has 0 atom stereocenters. The highest BCUT2D eigenvalue weighted by Crippen LogP contribution is 2.27. The van der Waals surface area contributed by atoms with E-state index in [1.54, 1.807) is 11.3 Å². The molecule has 3 rings (SSSR count). The first-order valence-electron chi connectivity index (χ1n) is 6.11. The average Bonchev–Trinajstić information content (AvgIpc) is 2.82. The van der Waals surface area contributed by atoms with E-state index >= 15 is 0 Å². The number of anilines is 2. The Morgan fingerprint density at radius 2 is 2.21 bits per heavy atom. The van der Waals surface area contributed by atoms with Crippen molar-refractivity contribution in [3.8, 4) is 0 Å². The zero-order valence-electron chi connectivity index (χ0n) is 10.2. The Balaban J connectivity index is 1.72. The summed E-state index contributed by atoms with van der Waals surface area (Å²) in [5.74, 6) is 0.107. The summed E-state index contributed by atoms with van der Waals surface area (Å²) in [5.41, 5.74) is 3.24. The van der Waals surface area contributed by atoms with Gasteiger partial charge in [-0.25, -0.2) is 0 Å². The van der Waals surface area contributed by atoms with Crippen molar-refractivity contribution in [3.05, 3.63) is 44.6 Å². The molecule has 19 heavy (non-hydrogen) atoms. The van der Waals surface area contributed by atoms with Gasteiger partial charge in [0.15, 0.2) is 0 Å². The van der Waals surface area contributed by atoms with Crippen molar-refractivity contribution in [1.29, 1.82) is 0 Å². The van der Waals surface area contributed by atoms with Crippen LogP contribution in [0.3, 0.4) is 0 Å². The van der Waals surface area contributed by atoms with Gasteiger partial charge >= 0.3 is 0 Å². The van der Waals surface area contributed by atoms with Crippen LogP contribution < -0.4 is 10.6 Å². The number of halogens is 1. The van der Waals surface area contributed by atoms with Crippen molar-refractivity contribution in [1.82, 2.24) is 0 Å². The minimum absolute atomic E-state index is 0.107. The van der Waals surface area contributed by atoms with E-state index in [2.05, 4.69) is 44.1 Å². The molecule has 0 fully saturated rings. The first-order chi connectivity index (χ1) is 9.22. The maximum Gasteiger partial charge on any atom is 0.224 e. The lowest BCUT2D eigenvalue weighted by Gasteiger charge is -2.18. The summed E-state index contributed by atoms with van der Waals surface area (Å²) in [6, 6.07) is 8.16. The molecule has 0 spiro atoms. The Morgan fingerprint density at radius 3 is 3.00 bits per heavy atom. The quantitative estimate of drug-likeness (QED) is 0.889. The van der Waals surface area contributed by atoms with Crippen LogP contribution in [0.2, 0.25) is 0 Å². The molecule has 1 aliphatic rings. The zero-order chi connectivity index (χ0) is 13.2. The van der Waals surface area contributed by atoms with Gasteiger partial charge in [0.2, 0.25) is 5.91 Å². The number of fused-ring (bicyclic) bond motifs is 1. The Bertz CT molecular complexity index is 624. The number of amides is 1. The summed E-state index contributed by atoms with van der Waals surface area (Å²) in [4.78, 5) is 12.6. The second kappa shape index (κ2) is 5.35. The second-order valence-corrected chi connectivity index (χ2v) is 6.32. The topological polar surface area (TPSA) is 41.1 Å². The molecule has 0 radical (unpaired) electrons. The third-order valence-electron chi connectivity index (χ3n) is 3.14. The van der Waals surface area contributed by atoms with Gasteiger partial charge in [0.25, 0.3) is 0 Å². The number of carbonyl (C=O) groups excluding carboxylic acids is 1. The lowest BCUT2D eigenvalue weighted by atomic mass is 10.0. The van der Waals surface area contributed by atoms with E-state index in [-0.39, 0.29) is 5.91 Å². The lowest BCUT2D eigenvalue weighted by Crippen LogP contribution is -2.18. The molecule has 1 aromatic heterocycles. The second-order valence-electron chi connectivity index (χ2n) is 4.47. The molecular weight excluding hydrogens is 324 g/mol. The molecule has 1 amide bonds. The average molecular weight is 337 g/mol. The van der Waals surface area contributed by atoms with E-state index in [0.29, 0.717) is 6.42 Å². The fourth-order valence-corrected chi connectivity index (χ4v) is 3.56. The highest BCUT2D eigenvalue weighted by Gasteiger charge is 2.14. The zero-order valence-corrected chi connectivity index (χ0v) is 12.6. The minimum atomic E-state index is 0.107. The van der Waals surface area contributed by atoms with Gasteiger partial charge < -0.3 is 10.6 Å². The first kappa shape index (κ1) is 12.7. The molecule has 1 aliphatic heterocycles. The first-order valence-corrected chi connectivity index (χ1v) is 7.78. The van der Waals surface area contributed by atoms with E-state index in [1.165, 1.54) is 10.4 Å². The van der Waals surface area contributed by atoms with Crippen LogP contribution in [-0.4, -0.2) is 5.91 Å². The summed E-state index contributed by atoms with van der Waals surface area (Å²) in [7, 11) is 0. The number of aryl methyl sites for hydroxylation is 1. The summed E-state index contributed by atoms with van der Waals surface area (Å²) in [6.07, 6.45) is 1.40. The molecule has 0 aliphatic carbocycles. The van der Waals surface area contributed by atoms with Crippen LogP contribution in [0.1, 0.15) is 16.9 Å². The molecule has 0 saturated heterocycles. The lowest BCUT2D eigenvalue weighted by molar-refractivity contribution is -0.116. The molecule has 0 bridgehead atoms. The van der Waals surface area contributed by atoms with Crippen LogP contribution in [0.4, 0.5) is 11.4 Å². The predicted molar refractivity (Wildman–Crippen MR) is 82.7 cm³/mol. The number of benzene rings is 1. The largest absolute Gasteiger partial charge is 0.380 e. The molecule has 2 heterocycles. The molecule has 2 aromatic rings. The van der Waals surface area contributed by atoms with Gasteiger partial charge in [0, 0.05) is 27.1 Å². The van der Waals surface area contributed by atoms with E-state index in [9.17, 15) is 4.79 Å². The molecule has 3 nitrogen and oxygen atoms in total. The summed E-state index contributed by atoms with van der Waals surface area (Å²) < 4.78 is 1.15. The number of rotatable bonds is 3. The summed E-state index contributed by atoms with van der Waals surface area (Å²) in [6.45, 7) is 0.809. The normalized spacial score (nSPS) is 13.8. The molecule has 5 heteroatoms. The van der Waals surface area contributed by atoms with Gasteiger partial charge in [-0.1, -0.05) is 0 Å². The van der Waals surface area contributed by atoms with Crippen molar-refractivity contribution < 1.29 is 4.79 Å². The monoisotopic (exact) mass is 336 g/mol. The van der Waals surface area contributed by atoms with E-state index in [4.69, 9.17) is 0 Å². The predicted octanol–water partition coefficient (Wildman–Crippen LogP) is 4.01. The third-order valence-corrected chi connectivity index (χ3v) is 5.07. The summed E-state index contributed by atoms with van der Waals surface area (Å²) in [5, 5.41) is 8.38. The van der Waals surface area contributed by atoms with Crippen LogP contribution in [-0.2, 0) is 17.8 Å². The number of hydrogen-bond acceptors (Lipinski definition) is 3. The van der Waals surface area contributed by atoms with Crippen molar-refractivity contribution >= 4 is 44.5 Å². The van der Waals surface area contributed by atoms with Crippen molar-refractivity contribution in [3.63, 3.8) is 0 Å². The van der Waals surface area contributed by atoms with E-state index < -0.39 is 0 Å². The Labute approximate surface area is 124 Å². The molecule has 1 aromatic carbocycles. The molecule has 2 N–H and O–H groups in total. The number of carbonyl (C=O) groups is 1. The maximum atomic E-state index is 11.3. The van der Waals surface area contributed by atoms with E-state index in [1.807, 2.05) is 12.1 Å². The van der Waals surface area contributed by atoms with Crippen molar-refractivity contribution in [2.24, 2.45) is 0 Å².